The minimum atomic E-state index is -0.500. The number of carbonyl (C=O) groups excluding carboxylic acids is 2. The Morgan fingerprint density at radius 1 is 1.53 bits per heavy atom. The number of esters is 1. The first-order valence-corrected chi connectivity index (χ1v) is 5.97. The van der Waals surface area contributed by atoms with Gasteiger partial charge in [0.1, 0.15) is 11.8 Å². The molecule has 0 aliphatic carbocycles. The average Bonchev–Trinajstić information content (AvgIpc) is 2.39. The summed E-state index contributed by atoms with van der Waals surface area (Å²) in [6.07, 6.45) is -0.500. The smallest absolute Gasteiger partial charge is 0.327 e. The molecule has 2 rings (SSSR count). The lowest BCUT2D eigenvalue weighted by Gasteiger charge is -2.24. The maximum atomic E-state index is 11.5. The number of hydrogen-bond donors (Lipinski definition) is 2. The van der Waals surface area contributed by atoms with Gasteiger partial charge in [-0.3, -0.25) is 4.79 Å². The summed E-state index contributed by atoms with van der Waals surface area (Å²) in [5.41, 5.74) is 1.29. The highest BCUT2D eigenvalue weighted by Gasteiger charge is 2.23. The average molecular weight is 264 g/mol. The number of hydrogen-bond acceptors (Lipinski definition) is 5. The zero-order chi connectivity index (χ0) is 14.0. The van der Waals surface area contributed by atoms with Gasteiger partial charge in [-0.25, -0.2) is 4.79 Å². The summed E-state index contributed by atoms with van der Waals surface area (Å²) >= 11 is 0. The van der Waals surface area contributed by atoms with E-state index in [0.717, 1.165) is 0 Å². The minimum Gasteiger partial charge on any atom is -0.479 e. The van der Waals surface area contributed by atoms with Crippen molar-refractivity contribution in [2.75, 3.05) is 17.7 Å². The van der Waals surface area contributed by atoms with Crippen molar-refractivity contribution < 1.29 is 19.1 Å². The van der Waals surface area contributed by atoms with Crippen molar-refractivity contribution in [3.8, 4) is 5.75 Å². The van der Waals surface area contributed by atoms with E-state index in [-0.39, 0.29) is 11.9 Å². The summed E-state index contributed by atoms with van der Waals surface area (Å²) in [5, 5.41) is 5.73. The number of ether oxygens (including phenoxy) is 2. The van der Waals surface area contributed by atoms with Crippen LogP contribution in [0.2, 0.25) is 0 Å². The summed E-state index contributed by atoms with van der Waals surface area (Å²) < 4.78 is 10.1. The van der Waals surface area contributed by atoms with Gasteiger partial charge in [0.15, 0.2) is 6.10 Å². The van der Waals surface area contributed by atoms with Crippen LogP contribution in [0.3, 0.4) is 0 Å². The highest BCUT2D eigenvalue weighted by atomic mass is 16.5. The molecule has 2 N–H and O–H groups in total. The molecule has 0 fully saturated rings. The van der Waals surface area contributed by atoms with Gasteiger partial charge in [0.25, 0.3) is 5.91 Å². The SMILES string of the molecule is COC(=O)C(C)Nc1ccc2c(c1)NC(=O)C(C)O2. The zero-order valence-corrected chi connectivity index (χ0v) is 11.0. The van der Waals surface area contributed by atoms with E-state index in [0.29, 0.717) is 17.1 Å². The standard InChI is InChI=1S/C13H16N2O4/c1-7(13(17)18-3)14-9-4-5-11-10(6-9)15-12(16)8(2)19-11/h4-8,14H,1-3H3,(H,15,16). The Kier molecular flexibility index (Phi) is 3.59. The van der Waals surface area contributed by atoms with Crippen molar-refractivity contribution in [2.45, 2.75) is 26.0 Å². The van der Waals surface area contributed by atoms with Crippen LogP contribution < -0.4 is 15.4 Å². The number of nitrogens with one attached hydrogen (secondary N) is 2. The van der Waals surface area contributed by atoms with E-state index in [2.05, 4.69) is 15.4 Å². The van der Waals surface area contributed by atoms with Gasteiger partial charge >= 0.3 is 5.97 Å². The molecule has 0 aromatic heterocycles. The summed E-state index contributed by atoms with van der Waals surface area (Å²) in [5.74, 6) is 0.0701. The fourth-order valence-corrected chi connectivity index (χ4v) is 1.78. The van der Waals surface area contributed by atoms with Gasteiger partial charge in [0.05, 0.1) is 12.8 Å². The number of rotatable bonds is 3. The molecule has 0 bridgehead atoms. The highest BCUT2D eigenvalue weighted by molar-refractivity contribution is 5.98. The van der Waals surface area contributed by atoms with Gasteiger partial charge in [0.2, 0.25) is 0 Å². The van der Waals surface area contributed by atoms with Crippen LogP contribution in [0, 0.1) is 0 Å². The third kappa shape index (κ3) is 2.78. The maximum Gasteiger partial charge on any atom is 0.327 e. The first kappa shape index (κ1) is 13.2. The highest BCUT2D eigenvalue weighted by Crippen LogP contribution is 2.32. The molecule has 1 amide bonds. The number of methoxy groups -OCH3 is 1. The summed E-state index contributed by atoms with van der Waals surface area (Å²) in [4.78, 5) is 22.8. The van der Waals surface area contributed by atoms with Gasteiger partial charge in [-0.05, 0) is 32.0 Å². The lowest BCUT2D eigenvalue weighted by molar-refractivity contribution is -0.141. The molecule has 0 spiro atoms. The monoisotopic (exact) mass is 264 g/mol. The number of benzene rings is 1. The van der Waals surface area contributed by atoms with Crippen LogP contribution in [0.4, 0.5) is 11.4 Å². The van der Waals surface area contributed by atoms with Crippen LogP contribution >= 0.6 is 0 Å². The van der Waals surface area contributed by atoms with Gasteiger partial charge in [-0.2, -0.15) is 0 Å². The van der Waals surface area contributed by atoms with Crippen molar-refractivity contribution in [1.29, 1.82) is 0 Å². The van der Waals surface area contributed by atoms with E-state index in [9.17, 15) is 9.59 Å². The molecule has 2 unspecified atom stereocenters. The van der Waals surface area contributed by atoms with Gasteiger partial charge in [-0.15, -0.1) is 0 Å². The summed E-state index contributed by atoms with van der Waals surface area (Å²) in [6.45, 7) is 3.38. The van der Waals surface area contributed by atoms with Crippen molar-refractivity contribution >= 4 is 23.3 Å². The van der Waals surface area contributed by atoms with Gasteiger partial charge < -0.3 is 20.1 Å². The third-order valence-corrected chi connectivity index (χ3v) is 2.85. The molecule has 1 heterocycles. The Balaban J connectivity index is 2.15. The Hall–Kier alpha value is -2.24. The third-order valence-electron chi connectivity index (χ3n) is 2.85. The van der Waals surface area contributed by atoms with E-state index in [1.807, 2.05) is 0 Å². The molecule has 6 nitrogen and oxygen atoms in total. The van der Waals surface area contributed by atoms with Crippen LogP contribution in [0.25, 0.3) is 0 Å². The Morgan fingerprint density at radius 2 is 2.26 bits per heavy atom. The Labute approximate surface area is 111 Å². The lowest BCUT2D eigenvalue weighted by atomic mass is 10.2. The first-order chi connectivity index (χ1) is 9.01. The van der Waals surface area contributed by atoms with E-state index >= 15 is 0 Å². The first-order valence-electron chi connectivity index (χ1n) is 5.97. The molecule has 19 heavy (non-hydrogen) atoms. The number of fused-ring (bicyclic) bond motifs is 1. The minimum absolute atomic E-state index is 0.189. The maximum absolute atomic E-state index is 11.5. The topological polar surface area (TPSA) is 76.7 Å². The van der Waals surface area contributed by atoms with Crippen LogP contribution in [0.5, 0.6) is 5.75 Å². The van der Waals surface area contributed by atoms with Gasteiger partial charge in [0, 0.05) is 5.69 Å². The van der Waals surface area contributed by atoms with E-state index in [1.165, 1.54) is 7.11 Å². The van der Waals surface area contributed by atoms with Crippen LogP contribution in [0.1, 0.15) is 13.8 Å². The molecule has 6 heteroatoms. The van der Waals surface area contributed by atoms with Gasteiger partial charge in [-0.1, -0.05) is 0 Å². The summed E-state index contributed by atoms with van der Waals surface area (Å²) in [6, 6.07) is 4.78. The molecular weight excluding hydrogens is 248 g/mol. The molecule has 1 aliphatic heterocycles. The molecule has 0 radical (unpaired) electrons. The predicted octanol–water partition coefficient (Wildman–Crippen LogP) is 1.38. The van der Waals surface area contributed by atoms with Crippen molar-refractivity contribution in [3.63, 3.8) is 0 Å². The number of amides is 1. The van der Waals surface area contributed by atoms with Crippen molar-refractivity contribution in [3.05, 3.63) is 18.2 Å². The fourth-order valence-electron chi connectivity index (χ4n) is 1.78. The predicted molar refractivity (Wildman–Crippen MR) is 70.3 cm³/mol. The summed E-state index contributed by atoms with van der Waals surface area (Å²) in [7, 11) is 1.34. The number of carbonyl (C=O) groups is 2. The van der Waals surface area contributed by atoms with Crippen LogP contribution in [-0.4, -0.2) is 31.1 Å². The second kappa shape index (κ2) is 5.17. The molecular formula is C13H16N2O4. The fraction of sp³-hybridized carbons (Fsp3) is 0.385. The molecule has 1 aromatic rings. The molecule has 1 aliphatic rings. The van der Waals surface area contributed by atoms with Crippen molar-refractivity contribution in [2.24, 2.45) is 0 Å². The molecule has 2 atom stereocenters. The largest absolute Gasteiger partial charge is 0.479 e. The second-order valence-corrected chi connectivity index (χ2v) is 4.35. The van der Waals surface area contributed by atoms with Crippen molar-refractivity contribution in [1.82, 2.24) is 0 Å². The molecule has 102 valence electrons. The normalized spacial score (nSPS) is 18.7. The van der Waals surface area contributed by atoms with Crippen LogP contribution in [0.15, 0.2) is 18.2 Å². The second-order valence-electron chi connectivity index (χ2n) is 4.35. The van der Waals surface area contributed by atoms with E-state index in [1.54, 1.807) is 32.0 Å². The van der Waals surface area contributed by atoms with Crippen LogP contribution in [-0.2, 0) is 14.3 Å². The Bertz CT molecular complexity index is 515. The zero-order valence-electron chi connectivity index (χ0n) is 11.0. The van der Waals surface area contributed by atoms with E-state index < -0.39 is 12.1 Å². The van der Waals surface area contributed by atoms with E-state index in [4.69, 9.17) is 4.74 Å². The quantitative estimate of drug-likeness (QED) is 0.806. The number of anilines is 2. The lowest BCUT2D eigenvalue weighted by Crippen LogP contribution is -2.34. The molecule has 1 aromatic carbocycles. The molecule has 0 saturated heterocycles. The molecule has 0 saturated carbocycles. The Morgan fingerprint density at radius 3 is 2.95 bits per heavy atom.